The first-order valence-corrected chi connectivity index (χ1v) is 8.82. The molecule has 4 rings (SSSR count). The maximum atomic E-state index is 13.1. The third kappa shape index (κ3) is 2.97. The molecule has 3 heterocycles. The monoisotopic (exact) mass is 341 g/mol. The van der Waals surface area contributed by atoms with Crippen LogP contribution in [0.3, 0.4) is 0 Å². The molecule has 1 fully saturated rings. The van der Waals surface area contributed by atoms with Gasteiger partial charge in [-0.2, -0.15) is 5.10 Å². The van der Waals surface area contributed by atoms with Crippen LogP contribution in [0.5, 0.6) is 11.5 Å². The molecule has 2 atom stereocenters. The van der Waals surface area contributed by atoms with Crippen molar-refractivity contribution in [2.24, 2.45) is 7.05 Å². The fourth-order valence-electron chi connectivity index (χ4n) is 3.71. The SMILES string of the molecule is C[C@H](C(=O)N1CCC[C@@H]1c1cnn(C)c1)c1ccc2c(c1)OCCO2. The van der Waals surface area contributed by atoms with E-state index in [2.05, 4.69) is 5.10 Å². The topological polar surface area (TPSA) is 56.6 Å². The average molecular weight is 341 g/mol. The Morgan fingerprint density at radius 1 is 1.28 bits per heavy atom. The molecule has 1 saturated heterocycles. The van der Waals surface area contributed by atoms with Gasteiger partial charge >= 0.3 is 0 Å². The number of nitrogens with zero attached hydrogens (tertiary/aromatic N) is 3. The van der Waals surface area contributed by atoms with E-state index in [9.17, 15) is 4.79 Å². The van der Waals surface area contributed by atoms with Gasteiger partial charge in [0.05, 0.1) is 18.2 Å². The average Bonchev–Trinajstić information content (AvgIpc) is 3.28. The smallest absolute Gasteiger partial charge is 0.230 e. The van der Waals surface area contributed by atoms with Crippen molar-refractivity contribution in [3.8, 4) is 11.5 Å². The summed E-state index contributed by atoms with van der Waals surface area (Å²) in [5.74, 6) is 1.42. The zero-order valence-corrected chi connectivity index (χ0v) is 14.6. The van der Waals surface area contributed by atoms with E-state index in [1.165, 1.54) is 0 Å². The lowest BCUT2D eigenvalue weighted by Crippen LogP contribution is -2.33. The quantitative estimate of drug-likeness (QED) is 0.861. The first-order valence-electron chi connectivity index (χ1n) is 8.82. The minimum Gasteiger partial charge on any atom is -0.486 e. The molecular formula is C19H23N3O3. The van der Waals surface area contributed by atoms with Gasteiger partial charge in [-0.1, -0.05) is 6.07 Å². The zero-order valence-electron chi connectivity index (χ0n) is 14.6. The second-order valence-electron chi connectivity index (χ2n) is 6.76. The van der Waals surface area contributed by atoms with E-state index < -0.39 is 0 Å². The molecule has 0 N–H and O–H groups in total. The highest BCUT2D eigenvalue weighted by molar-refractivity contribution is 5.84. The molecule has 0 unspecified atom stereocenters. The highest BCUT2D eigenvalue weighted by Gasteiger charge is 2.33. The molecule has 0 aliphatic carbocycles. The molecule has 1 aromatic carbocycles. The van der Waals surface area contributed by atoms with Crippen LogP contribution in [0, 0.1) is 0 Å². The van der Waals surface area contributed by atoms with Gasteiger partial charge in [0.2, 0.25) is 5.91 Å². The number of hydrogen-bond acceptors (Lipinski definition) is 4. The van der Waals surface area contributed by atoms with Gasteiger partial charge in [-0.05, 0) is 37.5 Å². The molecular weight excluding hydrogens is 318 g/mol. The van der Waals surface area contributed by atoms with Crippen LogP contribution in [0.4, 0.5) is 0 Å². The van der Waals surface area contributed by atoms with Crippen molar-refractivity contribution in [2.75, 3.05) is 19.8 Å². The van der Waals surface area contributed by atoms with Crippen LogP contribution in [-0.4, -0.2) is 40.3 Å². The number of fused-ring (bicyclic) bond motifs is 1. The maximum Gasteiger partial charge on any atom is 0.230 e. The summed E-state index contributed by atoms with van der Waals surface area (Å²) in [7, 11) is 1.91. The summed E-state index contributed by atoms with van der Waals surface area (Å²) in [6, 6.07) is 5.93. The fraction of sp³-hybridized carbons (Fsp3) is 0.474. The van der Waals surface area contributed by atoms with E-state index >= 15 is 0 Å². The van der Waals surface area contributed by atoms with Gasteiger partial charge in [0.1, 0.15) is 13.2 Å². The third-order valence-electron chi connectivity index (χ3n) is 5.08. The molecule has 0 radical (unpaired) electrons. The molecule has 1 aromatic heterocycles. The number of carbonyl (C=O) groups is 1. The Morgan fingerprint density at radius 2 is 2.08 bits per heavy atom. The Bertz CT molecular complexity index is 786. The van der Waals surface area contributed by atoms with Crippen molar-refractivity contribution in [1.82, 2.24) is 14.7 Å². The number of carbonyl (C=O) groups excluding carboxylic acids is 1. The molecule has 0 saturated carbocycles. The molecule has 0 spiro atoms. The van der Waals surface area contributed by atoms with E-state index in [0.717, 1.165) is 42.0 Å². The standard InChI is InChI=1S/C19H23N3O3/c1-13(14-5-6-17-18(10-14)25-9-8-24-17)19(23)22-7-3-4-16(22)15-11-20-21(2)12-15/h5-6,10-13,16H,3-4,7-9H2,1-2H3/t13-,16+/m0/s1. The van der Waals surface area contributed by atoms with E-state index in [1.54, 1.807) is 4.68 Å². The largest absolute Gasteiger partial charge is 0.486 e. The Kier molecular flexibility index (Phi) is 4.11. The third-order valence-corrected chi connectivity index (χ3v) is 5.08. The van der Waals surface area contributed by atoms with Crippen LogP contribution in [0.2, 0.25) is 0 Å². The number of likely N-dealkylation sites (tertiary alicyclic amines) is 1. The first-order chi connectivity index (χ1) is 12.1. The van der Waals surface area contributed by atoms with E-state index in [4.69, 9.17) is 9.47 Å². The molecule has 2 aromatic rings. The van der Waals surface area contributed by atoms with Crippen LogP contribution < -0.4 is 9.47 Å². The second-order valence-corrected chi connectivity index (χ2v) is 6.76. The van der Waals surface area contributed by atoms with E-state index in [0.29, 0.717) is 13.2 Å². The van der Waals surface area contributed by atoms with Crippen molar-refractivity contribution in [3.63, 3.8) is 0 Å². The Hall–Kier alpha value is -2.50. The first kappa shape index (κ1) is 16.0. The summed E-state index contributed by atoms with van der Waals surface area (Å²) in [5.41, 5.74) is 2.08. The number of hydrogen-bond donors (Lipinski definition) is 0. The molecule has 25 heavy (non-hydrogen) atoms. The summed E-state index contributed by atoms with van der Waals surface area (Å²) in [4.78, 5) is 15.1. The molecule has 6 nitrogen and oxygen atoms in total. The van der Waals surface area contributed by atoms with Gasteiger partial charge < -0.3 is 14.4 Å². The Labute approximate surface area is 147 Å². The van der Waals surface area contributed by atoms with Gasteiger partial charge in [0, 0.05) is 25.4 Å². The summed E-state index contributed by atoms with van der Waals surface area (Å²) >= 11 is 0. The van der Waals surface area contributed by atoms with Gasteiger partial charge in [-0.25, -0.2) is 0 Å². The number of benzene rings is 1. The summed E-state index contributed by atoms with van der Waals surface area (Å²) in [5, 5.41) is 4.25. The highest BCUT2D eigenvalue weighted by Crippen LogP contribution is 2.37. The van der Waals surface area contributed by atoms with Crippen molar-refractivity contribution < 1.29 is 14.3 Å². The number of rotatable bonds is 3. The van der Waals surface area contributed by atoms with Crippen LogP contribution in [0.15, 0.2) is 30.6 Å². The molecule has 2 aliphatic rings. The fourth-order valence-corrected chi connectivity index (χ4v) is 3.71. The van der Waals surface area contributed by atoms with Gasteiger partial charge in [-0.3, -0.25) is 9.48 Å². The molecule has 1 amide bonds. The van der Waals surface area contributed by atoms with Gasteiger partial charge in [0.25, 0.3) is 0 Å². The lowest BCUT2D eigenvalue weighted by Gasteiger charge is -2.27. The molecule has 2 aliphatic heterocycles. The van der Waals surface area contributed by atoms with Crippen molar-refractivity contribution >= 4 is 5.91 Å². The van der Waals surface area contributed by atoms with Crippen molar-refractivity contribution in [2.45, 2.75) is 31.7 Å². The lowest BCUT2D eigenvalue weighted by atomic mass is 9.98. The van der Waals surface area contributed by atoms with Crippen LogP contribution in [0.1, 0.15) is 42.9 Å². The van der Waals surface area contributed by atoms with Crippen molar-refractivity contribution in [3.05, 3.63) is 41.7 Å². The minimum atomic E-state index is -0.215. The summed E-state index contributed by atoms with van der Waals surface area (Å²) < 4.78 is 13.0. The zero-order chi connectivity index (χ0) is 17.4. The molecule has 6 heteroatoms. The summed E-state index contributed by atoms with van der Waals surface area (Å²) in [6.45, 7) is 3.88. The number of amides is 1. The van der Waals surface area contributed by atoms with Crippen LogP contribution in [-0.2, 0) is 11.8 Å². The van der Waals surface area contributed by atoms with Crippen molar-refractivity contribution in [1.29, 1.82) is 0 Å². The predicted octanol–water partition coefficient (Wildman–Crippen LogP) is 2.66. The summed E-state index contributed by atoms with van der Waals surface area (Å²) in [6.07, 6.45) is 5.89. The molecule has 132 valence electrons. The molecule has 0 bridgehead atoms. The van der Waals surface area contributed by atoms with Gasteiger partial charge in [0.15, 0.2) is 11.5 Å². The predicted molar refractivity (Wildman–Crippen MR) is 92.7 cm³/mol. The normalized spacial score (nSPS) is 20.6. The Morgan fingerprint density at radius 3 is 2.84 bits per heavy atom. The lowest BCUT2D eigenvalue weighted by molar-refractivity contribution is -0.133. The highest BCUT2D eigenvalue weighted by atomic mass is 16.6. The van der Waals surface area contributed by atoms with Gasteiger partial charge in [-0.15, -0.1) is 0 Å². The van der Waals surface area contributed by atoms with E-state index in [-0.39, 0.29) is 17.9 Å². The number of aromatic nitrogens is 2. The van der Waals surface area contributed by atoms with Crippen LogP contribution >= 0.6 is 0 Å². The second kappa shape index (κ2) is 6.43. The Balaban J connectivity index is 1.55. The van der Waals surface area contributed by atoms with Crippen LogP contribution in [0.25, 0.3) is 0 Å². The number of aryl methyl sites for hydroxylation is 1. The number of ether oxygens (including phenoxy) is 2. The maximum absolute atomic E-state index is 13.1. The van der Waals surface area contributed by atoms with E-state index in [1.807, 2.05) is 49.5 Å². The minimum absolute atomic E-state index is 0.126.